The van der Waals surface area contributed by atoms with Gasteiger partial charge < -0.3 is 14.7 Å². The molecule has 0 unspecified atom stereocenters. The van der Waals surface area contributed by atoms with Crippen LogP contribution in [0.25, 0.3) is 11.7 Å². The number of hydrogen-bond donors (Lipinski definition) is 1. The number of rotatable bonds is 2. The van der Waals surface area contributed by atoms with Gasteiger partial charge in [0.2, 0.25) is 0 Å². The Morgan fingerprint density at radius 2 is 2.06 bits per heavy atom. The Labute approximate surface area is 111 Å². The maximum absolute atomic E-state index is 6.27. The van der Waals surface area contributed by atoms with Gasteiger partial charge in [0.05, 0.1) is 11.8 Å². The Balaban J connectivity index is 0.00000120. The Morgan fingerprint density at radius 3 is 2.67 bits per heavy atom. The van der Waals surface area contributed by atoms with Gasteiger partial charge in [0, 0.05) is 5.56 Å². The summed E-state index contributed by atoms with van der Waals surface area (Å²) in [6.07, 6.45) is 5.70. The minimum absolute atomic E-state index is 0. The molecule has 0 aliphatic heterocycles. The fourth-order valence-electron chi connectivity index (χ4n) is 2.34. The average Bonchev–Trinajstić information content (AvgIpc) is 2.97. The van der Waals surface area contributed by atoms with Gasteiger partial charge in [-0.2, -0.15) is 4.98 Å². The van der Waals surface area contributed by atoms with Gasteiger partial charge in [0.25, 0.3) is 5.89 Å². The van der Waals surface area contributed by atoms with Crippen molar-refractivity contribution in [2.75, 3.05) is 0 Å². The highest BCUT2D eigenvalue weighted by atomic mass is 35.5. The van der Waals surface area contributed by atoms with E-state index in [1.807, 2.05) is 13.0 Å². The van der Waals surface area contributed by atoms with Crippen molar-refractivity contribution in [1.29, 1.82) is 0 Å². The fourth-order valence-corrected chi connectivity index (χ4v) is 2.34. The molecule has 5 nitrogen and oxygen atoms in total. The molecule has 1 aliphatic carbocycles. The molecule has 6 heteroatoms. The summed E-state index contributed by atoms with van der Waals surface area (Å²) in [5.74, 6) is 1.64. The van der Waals surface area contributed by atoms with E-state index in [9.17, 15) is 0 Å². The lowest BCUT2D eigenvalue weighted by atomic mass is 9.99. The van der Waals surface area contributed by atoms with Gasteiger partial charge >= 0.3 is 0 Å². The number of nitrogens with two attached hydrogens (primary N) is 1. The quantitative estimate of drug-likeness (QED) is 0.907. The maximum Gasteiger partial charge on any atom is 0.293 e. The third-order valence-electron chi connectivity index (χ3n) is 3.42. The highest BCUT2D eigenvalue weighted by molar-refractivity contribution is 5.85. The summed E-state index contributed by atoms with van der Waals surface area (Å²) in [7, 11) is 0. The van der Waals surface area contributed by atoms with Crippen LogP contribution in [0.5, 0.6) is 0 Å². The topological polar surface area (TPSA) is 78.1 Å². The molecule has 18 heavy (non-hydrogen) atoms. The number of halogens is 1. The minimum atomic E-state index is -0.414. The Hall–Kier alpha value is -1.33. The van der Waals surface area contributed by atoms with E-state index in [0.717, 1.165) is 31.2 Å². The lowest BCUT2D eigenvalue weighted by Crippen LogP contribution is -2.34. The summed E-state index contributed by atoms with van der Waals surface area (Å²) in [6.45, 7) is 1.94. The second-order valence-corrected chi connectivity index (χ2v) is 4.72. The summed E-state index contributed by atoms with van der Waals surface area (Å²) in [5.41, 5.74) is 6.84. The predicted octanol–water partition coefficient (Wildman–Crippen LogP) is 2.79. The molecule has 98 valence electrons. The van der Waals surface area contributed by atoms with Crippen molar-refractivity contribution < 1.29 is 8.94 Å². The molecule has 0 radical (unpaired) electrons. The molecule has 2 N–H and O–H groups in total. The van der Waals surface area contributed by atoms with Crippen molar-refractivity contribution in [2.45, 2.75) is 38.1 Å². The van der Waals surface area contributed by atoms with Crippen LogP contribution in [-0.2, 0) is 5.54 Å². The summed E-state index contributed by atoms with van der Waals surface area (Å²) in [4.78, 5) is 4.37. The minimum Gasteiger partial charge on any atom is -0.459 e. The van der Waals surface area contributed by atoms with E-state index in [4.69, 9.17) is 14.7 Å². The highest BCUT2D eigenvalue weighted by Crippen LogP contribution is 2.35. The van der Waals surface area contributed by atoms with E-state index in [-0.39, 0.29) is 12.4 Å². The molecule has 0 aromatic carbocycles. The molecule has 2 aromatic rings. The molecule has 1 saturated carbocycles. The maximum atomic E-state index is 6.27. The molecule has 0 spiro atoms. The van der Waals surface area contributed by atoms with Crippen LogP contribution in [-0.4, -0.2) is 10.1 Å². The molecule has 0 saturated heterocycles. The van der Waals surface area contributed by atoms with Crippen LogP contribution in [0.4, 0.5) is 0 Å². The van der Waals surface area contributed by atoms with Crippen LogP contribution in [0.3, 0.4) is 0 Å². The number of furan rings is 1. The zero-order valence-corrected chi connectivity index (χ0v) is 11.0. The SMILES string of the molecule is Cc1ccoc1-c1nc(C2(N)CCCC2)no1.Cl. The molecule has 1 aliphatic rings. The monoisotopic (exact) mass is 269 g/mol. The van der Waals surface area contributed by atoms with Crippen LogP contribution in [0.2, 0.25) is 0 Å². The summed E-state index contributed by atoms with van der Waals surface area (Å²) >= 11 is 0. The average molecular weight is 270 g/mol. The molecule has 3 rings (SSSR count). The van der Waals surface area contributed by atoms with Crippen LogP contribution >= 0.6 is 12.4 Å². The van der Waals surface area contributed by atoms with Crippen LogP contribution in [0.1, 0.15) is 37.1 Å². The number of hydrogen-bond acceptors (Lipinski definition) is 5. The van der Waals surface area contributed by atoms with E-state index in [2.05, 4.69) is 10.1 Å². The van der Waals surface area contributed by atoms with Crippen molar-refractivity contribution in [1.82, 2.24) is 10.1 Å². The first-order chi connectivity index (χ1) is 8.19. The number of aromatic nitrogens is 2. The Bertz CT molecular complexity index is 529. The van der Waals surface area contributed by atoms with E-state index in [1.54, 1.807) is 6.26 Å². The van der Waals surface area contributed by atoms with E-state index < -0.39 is 5.54 Å². The molecule has 2 aromatic heterocycles. The summed E-state index contributed by atoms with van der Waals surface area (Å²) in [5, 5.41) is 4.00. The number of aryl methyl sites for hydroxylation is 1. The third kappa shape index (κ3) is 2.04. The van der Waals surface area contributed by atoms with Crippen molar-refractivity contribution in [2.24, 2.45) is 5.73 Å². The molecule has 2 heterocycles. The smallest absolute Gasteiger partial charge is 0.293 e. The van der Waals surface area contributed by atoms with Gasteiger partial charge in [-0.15, -0.1) is 12.4 Å². The lowest BCUT2D eigenvalue weighted by Gasteiger charge is -2.17. The highest BCUT2D eigenvalue weighted by Gasteiger charge is 2.36. The van der Waals surface area contributed by atoms with Crippen molar-refractivity contribution >= 4 is 12.4 Å². The lowest BCUT2D eigenvalue weighted by molar-refractivity contribution is 0.368. The molecule has 0 atom stereocenters. The third-order valence-corrected chi connectivity index (χ3v) is 3.42. The Kier molecular flexibility index (Phi) is 3.45. The number of nitrogens with zero attached hydrogens (tertiary/aromatic N) is 2. The van der Waals surface area contributed by atoms with Crippen molar-refractivity contribution in [3.8, 4) is 11.7 Å². The second-order valence-electron chi connectivity index (χ2n) is 4.72. The molecular formula is C12H16ClN3O2. The van der Waals surface area contributed by atoms with Gasteiger partial charge in [-0.1, -0.05) is 18.0 Å². The van der Waals surface area contributed by atoms with Crippen LogP contribution < -0.4 is 5.73 Å². The summed E-state index contributed by atoms with van der Waals surface area (Å²) in [6, 6.07) is 1.87. The fraction of sp³-hybridized carbons (Fsp3) is 0.500. The van der Waals surface area contributed by atoms with Crippen molar-refractivity contribution in [3.05, 3.63) is 23.7 Å². The predicted molar refractivity (Wildman–Crippen MR) is 68.3 cm³/mol. The van der Waals surface area contributed by atoms with Gasteiger partial charge in [0.1, 0.15) is 0 Å². The second kappa shape index (κ2) is 4.74. The first-order valence-electron chi connectivity index (χ1n) is 5.87. The largest absolute Gasteiger partial charge is 0.459 e. The van der Waals surface area contributed by atoms with Gasteiger partial charge in [-0.25, -0.2) is 0 Å². The first-order valence-corrected chi connectivity index (χ1v) is 5.87. The zero-order valence-electron chi connectivity index (χ0n) is 10.2. The standard InChI is InChI=1S/C12H15N3O2.ClH/c1-8-4-7-16-9(8)10-14-11(15-17-10)12(13)5-2-3-6-12;/h4,7H,2-3,5-6,13H2,1H3;1H. The van der Waals surface area contributed by atoms with Gasteiger partial charge in [-0.3, -0.25) is 0 Å². The normalized spacial score (nSPS) is 17.7. The van der Waals surface area contributed by atoms with E-state index in [1.165, 1.54) is 0 Å². The van der Waals surface area contributed by atoms with Crippen LogP contribution in [0, 0.1) is 6.92 Å². The first kappa shape index (κ1) is 13.1. The van der Waals surface area contributed by atoms with Crippen LogP contribution in [0.15, 0.2) is 21.3 Å². The van der Waals surface area contributed by atoms with Gasteiger partial charge in [0.15, 0.2) is 11.6 Å². The van der Waals surface area contributed by atoms with Crippen molar-refractivity contribution in [3.63, 3.8) is 0 Å². The van der Waals surface area contributed by atoms with E-state index in [0.29, 0.717) is 17.5 Å². The zero-order chi connectivity index (χ0) is 11.9. The van der Waals surface area contributed by atoms with Gasteiger partial charge in [-0.05, 0) is 25.8 Å². The van der Waals surface area contributed by atoms with E-state index >= 15 is 0 Å². The summed E-state index contributed by atoms with van der Waals surface area (Å²) < 4.78 is 10.6. The Morgan fingerprint density at radius 1 is 1.33 bits per heavy atom. The molecule has 1 fully saturated rings. The molecule has 0 amide bonds. The molecule has 0 bridgehead atoms. The molecular weight excluding hydrogens is 254 g/mol.